The maximum absolute atomic E-state index is 13.2. The lowest BCUT2D eigenvalue weighted by molar-refractivity contribution is 0.120. The average molecular weight is 429 g/mol. The highest BCUT2D eigenvalue weighted by molar-refractivity contribution is 7.91. The quantitative estimate of drug-likeness (QED) is 0.576. The Morgan fingerprint density at radius 1 is 1.13 bits per heavy atom. The Labute approximate surface area is 176 Å². The molecular formula is C22H24N2O5S. The lowest BCUT2D eigenvalue weighted by atomic mass is 10.2. The zero-order chi connectivity index (χ0) is 21.0. The van der Waals surface area contributed by atoms with Crippen LogP contribution in [0.15, 0.2) is 68.9 Å². The fraction of sp³-hybridized carbons (Fsp3) is 0.318. The first-order valence-corrected chi connectivity index (χ1v) is 11.5. The second kappa shape index (κ2) is 8.89. The van der Waals surface area contributed by atoms with Gasteiger partial charge in [-0.05, 0) is 56.2 Å². The maximum atomic E-state index is 13.2. The topological polar surface area (TPSA) is 90.7 Å². The van der Waals surface area contributed by atoms with Gasteiger partial charge in [0.05, 0.1) is 17.6 Å². The van der Waals surface area contributed by atoms with Gasteiger partial charge >= 0.3 is 0 Å². The third kappa shape index (κ3) is 4.34. The average Bonchev–Trinajstić information content (AvgIpc) is 3.44. The SMILES string of the molecule is CCOc1ccc(-c2nc(S(=O)(=O)c3ccccc3)c(NCC3CCCO3)o2)cc1. The molecule has 1 aliphatic rings. The molecule has 1 atom stereocenters. The highest BCUT2D eigenvalue weighted by Gasteiger charge is 2.29. The van der Waals surface area contributed by atoms with Gasteiger partial charge in [0.2, 0.25) is 26.6 Å². The Morgan fingerprint density at radius 3 is 2.57 bits per heavy atom. The van der Waals surface area contributed by atoms with E-state index < -0.39 is 9.84 Å². The lowest BCUT2D eigenvalue weighted by Crippen LogP contribution is -2.19. The van der Waals surface area contributed by atoms with Crippen molar-refractivity contribution < 1.29 is 22.3 Å². The number of nitrogens with one attached hydrogen (secondary N) is 1. The Morgan fingerprint density at radius 2 is 1.90 bits per heavy atom. The number of oxazole rings is 1. The molecule has 30 heavy (non-hydrogen) atoms. The normalized spacial score (nSPS) is 16.5. The van der Waals surface area contributed by atoms with Crippen LogP contribution in [0.2, 0.25) is 0 Å². The van der Waals surface area contributed by atoms with Gasteiger partial charge in [0.15, 0.2) is 0 Å². The van der Waals surface area contributed by atoms with Crippen LogP contribution in [0.5, 0.6) is 5.75 Å². The Kier molecular flexibility index (Phi) is 6.06. The van der Waals surface area contributed by atoms with Crippen LogP contribution in [0.4, 0.5) is 5.88 Å². The molecule has 2 aromatic carbocycles. The summed E-state index contributed by atoms with van der Waals surface area (Å²) in [5.41, 5.74) is 0.660. The predicted octanol–water partition coefficient (Wildman–Crippen LogP) is 4.16. The fourth-order valence-electron chi connectivity index (χ4n) is 3.31. The van der Waals surface area contributed by atoms with Gasteiger partial charge in [-0.3, -0.25) is 0 Å². The summed E-state index contributed by atoms with van der Waals surface area (Å²) in [4.78, 5) is 4.51. The number of ether oxygens (including phenoxy) is 2. The smallest absolute Gasteiger partial charge is 0.233 e. The number of rotatable bonds is 8. The number of hydrogen-bond acceptors (Lipinski definition) is 7. The number of hydrogen-bond donors (Lipinski definition) is 1. The Bertz CT molecular complexity index is 1070. The van der Waals surface area contributed by atoms with E-state index in [4.69, 9.17) is 13.9 Å². The minimum Gasteiger partial charge on any atom is -0.494 e. The Hall–Kier alpha value is -2.84. The van der Waals surface area contributed by atoms with Crippen LogP contribution < -0.4 is 10.1 Å². The summed E-state index contributed by atoms with van der Waals surface area (Å²) in [7, 11) is -3.85. The zero-order valence-electron chi connectivity index (χ0n) is 16.7. The van der Waals surface area contributed by atoms with Gasteiger partial charge in [-0.2, -0.15) is 4.98 Å². The zero-order valence-corrected chi connectivity index (χ0v) is 17.5. The largest absolute Gasteiger partial charge is 0.494 e. The van der Waals surface area contributed by atoms with Gasteiger partial charge in [0, 0.05) is 18.7 Å². The van der Waals surface area contributed by atoms with E-state index in [1.165, 1.54) is 0 Å². The molecule has 7 nitrogen and oxygen atoms in total. The molecule has 0 radical (unpaired) electrons. The van der Waals surface area contributed by atoms with Crippen molar-refractivity contribution in [1.82, 2.24) is 4.98 Å². The van der Waals surface area contributed by atoms with Gasteiger partial charge in [0.1, 0.15) is 5.75 Å². The van der Waals surface area contributed by atoms with Gasteiger partial charge in [-0.1, -0.05) is 18.2 Å². The van der Waals surface area contributed by atoms with Crippen LogP contribution in [0.25, 0.3) is 11.5 Å². The molecule has 3 aromatic rings. The van der Waals surface area contributed by atoms with E-state index in [1.807, 2.05) is 6.92 Å². The third-order valence-corrected chi connectivity index (χ3v) is 6.51. The summed E-state index contributed by atoms with van der Waals surface area (Å²) in [6, 6.07) is 15.4. The first-order valence-electron chi connectivity index (χ1n) is 9.97. The first kappa shape index (κ1) is 20.4. The van der Waals surface area contributed by atoms with Crippen molar-refractivity contribution in [2.24, 2.45) is 0 Å². The van der Waals surface area contributed by atoms with Crippen molar-refractivity contribution in [3.63, 3.8) is 0 Å². The van der Waals surface area contributed by atoms with Gasteiger partial charge in [-0.25, -0.2) is 8.42 Å². The van der Waals surface area contributed by atoms with E-state index in [9.17, 15) is 8.42 Å². The van der Waals surface area contributed by atoms with Crippen molar-refractivity contribution in [3.8, 4) is 17.2 Å². The van der Waals surface area contributed by atoms with Crippen molar-refractivity contribution >= 4 is 15.7 Å². The summed E-state index contributed by atoms with van der Waals surface area (Å²) < 4.78 is 43.4. The molecule has 1 aromatic heterocycles. The molecule has 2 heterocycles. The van der Waals surface area contributed by atoms with Crippen LogP contribution in [0, 0.1) is 0 Å². The number of sulfone groups is 1. The van der Waals surface area contributed by atoms with Gasteiger partial charge < -0.3 is 19.2 Å². The molecule has 1 aliphatic heterocycles. The van der Waals surface area contributed by atoms with Crippen molar-refractivity contribution in [3.05, 3.63) is 54.6 Å². The molecule has 1 N–H and O–H groups in total. The van der Waals surface area contributed by atoms with Crippen LogP contribution in [0.3, 0.4) is 0 Å². The number of nitrogens with zero attached hydrogens (tertiary/aromatic N) is 1. The first-order chi connectivity index (χ1) is 14.6. The van der Waals surface area contributed by atoms with E-state index >= 15 is 0 Å². The summed E-state index contributed by atoms with van der Waals surface area (Å²) in [5, 5.41) is 2.97. The summed E-state index contributed by atoms with van der Waals surface area (Å²) >= 11 is 0. The number of aromatic nitrogens is 1. The molecule has 158 valence electrons. The second-order valence-electron chi connectivity index (χ2n) is 6.94. The van der Waals surface area contributed by atoms with Crippen LogP contribution in [-0.4, -0.2) is 39.3 Å². The van der Waals surface area contributed by atoms with Gasteiger partial charge in [-0.15, -0.1) is 0 Å². The van der Waals surface area contributed by atoms with E-state index in [1.54, 1.807) is 54.6 Å². The Balaban J connectivity index is 1.69. The molecule has 0 amide bonds. The second-order valence-corrected chi connectivity index (χ2v) is 8.81. The summed E-state index contributed by atoms with van der Waals surface area (Å²) in [6.45, 7) is 3.65. The minimum absolute atomic E-state index is 0.0244. The summed E-state index contributed by atoms with van der Waals surface area (Å²) in [6.07, 6.45) is 1.94. The lowest BCUT2D eigenvalue weighted by Gasteiger charge is -2.10. The summed E-state index contributed by atoms with van der Waals surface area (Å²) in [5.74, 6) is 1.07. The van der Waals surface area contributed by atoms with E-state index in [0.717, 1.165) is 25.2 Å². The molecule has 1 saturated heterocycles. The molecule has 0 saturated carbocycles. The molecule has 4 rings (SSSR count). The fourth-order valence-corrected chi connectivity index (χ4v) is 4.61. The van der Waals surface area contributed by atoms with Crippen molar-refractivity contribution in [2.45, 2.75) is 35.8 Å². The standard InChI is InChI=1S/C22H24N2O5S/c1-2-27-17-12-10-16(11-13-17)20-24-22(30(25,26)19-8-4-3-5-9-19)21(29-20)23-15-18-7-6-14-28-18/h3-5,8-13,18,23H,2,6-7,14-15H2,1H3. The van der Waals surface area contributed by atoms with Crippen LogP contribution >= 0.6 is 0 Å². The van der Waals surface area contributed by atoms with E-state index in [0.29, 0.717) is 18.7 Å². The third-order valence-electron chi connectivity index (χ3n) is 4.83. The molecule has 0 aliphatic carbocycles. The number of benzene rings is 2. The highest BCUT2D eigenvalue weighted by atomic mass is 32.2. The van der Waals surface area contributed by atoms with E-state index in [-0.39, 0.29) is 27.8 Å². The molecule has 0 spiro atoms. The predicted molar refractivity (Wildman–Crippen MR) is 112 cm³/mol. The van der Waals surface area contributed by atoms with Gasteiger partial charge in [0.25, 0.3) is 0 Å². The monoisotopic (exact) mass is 428 g/mol. The van der Waals surface area contributed by atoms with E-state index in [2.05, 4.69) is 10.3 Å². The van der Waals surface area contributed by atoms with Crippen molar-refractivity contribution in [2.75, 3.05) is 25.1 Å². The molecule has 8 heteroatoms. The molecule has 1 unspecified atom stereocenters. The van der Waals surface area contributed by atoms with Crippen LogP contribution in [-0.2, 0) is 14.6 Å². The minimum atomic E-state index is -3.85. The molecular weight excluding hydrogens is 404 g/mol. The highest BCUT2D eigenvalue weighted by Crippen LogP contribution is 2.33. The number of anilines is 1. The molecule has 1 fully saturated rings. The maximum Gasteiger partial charge on any atom is 0.233 e. The van der Waals surface area contributed by atoms with Crippen molar-refractivity contribution in [1.29, 1.82) is 0 Å². The van der Waals surface area contributed by atoms with Crippen LogP contribution in [0.1, 0.15) is 19.8 Å². The molecule has 0 bridgehead atoms.